The summed E-state index contributed by atoms with van der Waals surface area (Å²) in [6.45, 7) is 31.9. The van der Waals surface area contributed by atoms with Crippen molar-refractivity contribution >= 4 is 48.3 Å². The predicted octanol–water partition coefficient (Wildman–Crippen LogP) is 6.84. The predicted molar refractivity (Wildman–Crippen MR) is 186 cm³/mol. The van der Waals surface area contributed by atoms with Gasteiger partial charge in [-0.3, -0.25) is 0 Å². The van der Waals surface area contributed by atoms with Crippen LogP contribution in [0.2, 0.25) is 77.6 Å². The Morgan fingerprint density at radius 2 is 1.14 bits per heavy atom. The van der Waals surface area contributed by atoms with Gasteiger partial charge in [0.25, 0.3) is 0 Å². The van der Waals surface area contributed by atoms with Gasteiger partial charge >= 0.3 is 31.7 Å². The maximum absolute atomic E-state index is 12.1. The number of likely N-dealkylation sites (N-methyl/N-ethyl adjacent to an activating group) is 1. The molecule has 0 aromatic rings. The minimum Gasteiger partial charge on any atom is -0.454 e. The molecule has 0 aliphatic rings. The summed E-state index contributed by atoms with van der Waals surface area (Å²) in [6.07, 6.45) is 2.77. The lowest BCUT2D eigenvalue weighted by atomic mass is 10.3. The van der Waals surface area contributed by atoms with E-state index in [-0.39, 0.29) is 13.2 Å². The number of carbonyl (C=O) groups excluding carboxylic acids is 1. The number of hydrogen-bond donors (Lipinski definition) is 0. The fraction of sp³-hybridized carbons (Fsp3) is 0.893. The van der Waals surface area contributed by atoms with Crippen molar-refractivity contribution in [2.75, 3.05) is 47.1 Å². The minimum atomic E-state index is -2.47. The van der Waals surface area contributed by atoms with Gasteiger partial charge in [-0.1, -0.05) is 26.3 Å². The van der Waals surface area contributed by atoms with Gasteiger partial charge in [-0.15, -0.1) is 0 Å². The molecular formula is C28H65NO8Si5. The van der Waals surface area contributed by atoms with Crippen molar-refractivity contribution in [1.29, 1.82) is 0 Å². The first-order valence-electron chi connectivity index (χ1n) is 15.5. The average Bonchev–Trinajstić information content (AvgIpc) is 2.76. The molecule has 0 aromatic carbocycles. The zero-order valence-electron chi connectivity index (χ0n) is 29.6. The summed E-state index contributed by atoms with van der Waals surface area (Å²) in [5.41, 5.74) is 0.361. The highest BCUT2D eigenvalue weighted by Crippen LogP contribution is 2.28. The zero-order valence-corrected chi connectivity index (χ0v) is 34.6. The Labute approximate surface area is 264 Å². The Kier molecular flexibility index (Phi) is 18.9. The Bertz CT molecular complexity index is 809. The highest BCUT2D eigenvalue weighted by molar-refractivity contribution is 6.90. The number of hydrogen-bond acceptors (Lipinski definition) is 9. The van der Waals surface area contributed by atoms with Crippen LogP contribution in [-0.2, 0) is 35.5 Å². The van der Waals surface area contributed by atoms with Gasteiger partial charge in [0, 0.05) is 18.7 Å². The molecule has 0 bridgehead atoms. The summed E-state index contributed by atoms with van der Waals surface area (Å²) in [5.74, 6) is -0.427. The van der Waals surface area contributed by atoms with E-state index in [1.165, 1.54) is 12.8 Å². The van der Waals surface area contributed by atoms with Gasteiger partial charge in [0.1, 0.15) is 6.10 Å². The molecule has 0 fully saturated rings. The van der Waals surface area contributed by atoms with Crippen LogP contribution in [0.3, 0.4) is 0 Å². The van der Waals surface area contributed by atoms with Crippen molar-refractivity contribution in [2.24, 2.45) is 0 Å². The van der Waals surface area contributed by atoms with Crippen molar-refractivity contribution in [1.82, 2.24) is 4.90 Å². The molecule has 42 heavy (non-hydrogen) atoms. The molecule has 0 rings (SSSR count). The third kappa shape index (κ3) is 21.7. The third-order valence-electron chi connectivity index (χ3n) is 6.14. The summed E-state index contributed by atoms with van der Waals surface area (Å²) in [5, 5.41) is 0. The van der Waals surface area contributed by atoms with Crippen LogP contribution in [0.4, 0.5) is 0 Å². The molecule has 250 valence electrons. The number of esters is 1. The van der Waals surface area contributed by atoms with E-state index in [1.807, 2.05) is 19.0 Å². The molecule has 0 aliphatic carbocycles. The van der Waals surface area contributed by atoms with Gasteiger partial charge in [-0.2, -0.15) is 0 Å². The summed E-state index contributed by atoms with van der Waals surface area (Å²) < 4.78 is 43.9. The Morgan fingerprint density at radius 1 is 0.714 bits per heavy atom. The average molecular weight is 684 g/mol. The number of rotatable bonds is 24. The number of carbonyl (C=O) groups is 1. The smallest absolute Gasteiger partial charge is 0.333 e. The summed E-state index contributed by atoms with van der Waals surface area (Å²) in [4.78, 5) is 14.1. The SMILES string of the molecule is C=C(C)C(=O)OC(COCCC[Si](C)(C)O[Si](C)(C)O[Si](C)(C)O[Si](C)(C)O[Si](C)(C)CCCC)COCCN(C)C. The molecule has 9 nitrogen and oxygen atoms in total. The van der Waals surface area contributed by atoms with Gasteiger partial charge in [0.2, 0.25) is 0 Å². The molecule has 0 aliphatic heterocycles. The largest absolute Gasteiger partial charge is 0.454 e. The first-order chi connectivity index (χ1) is 19.0. The second kappa shape index (κ2) is 18.9. The molecule has 0 spiro atoms. The molecule has 0 aromatic heterocycles. The molecular weight excluding hydrogens is 619 g/mol. The topological polar surface area (TPSA) is 84.9 Å². The van der Waals surface area contributed by atoms with Gasteiger partial charge < -0.3 is 35.6 Å². The molecule has 0 radical (unpaired) electrons. The minimum absolute atomic E-state index is 0.282. The van der Waals surface area contributed by atoms with Crippen molar-refractivity contribution < 1.29 is 35.5 Å². The molecule has 0 amide bonds. The quantitative estimate of drug-likeness (QED) is 0.0470. The van der Waals surface area contributed by atoms with Crippen LogP contribution in [0.1, 0.15) is 33.1 Å². The molecule has 1 unspecified atom stereocenters. The van der Waals surface area contributed by atoms with Gasteiger partial charge in [-0.25, -0.2) is 4.79 Å². The Balaban J connectivity index is 4.84. The van der Waals surface area contributed by atoms with E-state index in [2.05, 4.69) is 79.0 Å². The van der Waals surface area contributed by atoms with Crippen LogP contribution in [0, 0.1) is 0 Å². The monoisotopic (exact) mass is 683 g/mol. The van der Waals surface area contributed by atoms with Crippen LogP contribution < -0.4 is 0 Å². The van der Waals surface area contributed by atoms with E-state index in [0.29, 0.717) is 18.8 Å². The van der Waals surface area contributed by atoms with E-state index in [0.717, 1.165) is 25.1 Å². The zero-order chi connectivity index (χ0) is 32.8. The fourth-order valence-electron chi connectivity index (χ4n) is 4.93. The second-order valence-corrected chi connectivity index (χ2v) is 33.8. The van der Waals surface area contributed by atoms with Crippen molar-refractivity contribution in [2.45, 2.75) is 117 Å². The van der Waals surface area contributed by atoms with Gasteiger partial charge in [0.15, 0.2) is 16.6 Å². The molecule has 1 atom stereocenters. The first-order valence-corrected chi connectivity index (χ1v) is 30.2. The van der Waals surface area contributed by atoms with E-state index in [9.17, 15) is 4.79 Å². The van der Waals surface area contributed by atoms with Gasteiger partial charge in [-0.05, 0) is 105 Å². The summed E-state index contributed by atoms with van der Waals surface area (Å²) >= 11 is 0. The fourth-order valence-corrected chi connectivity index (χ4v) is 29.7. The van der Waals surface area contributed by atoms with Crippen LogP contribution >= 0.6 is 0 Å². The van der Waals surface area contributed by atoms with E-state index >= 15 is 0 Å². The van der Waals surface area contributed by atoms with Gasteiger partial charge in [0.05, 0.1) is 19.8 Å². The lowest BCUT2D eigenvalue weighted by Crippen LogP contribution is -2.58. The second-order valence-electron chi connectivity index (χ2n) is 14.1. The molecule has 0 saturated heterocycles. The first kappa shape index (κ1) is 42.0. The van der Waals surface area contributed by atoms with E-state index in [1.54, 1.807) is 6.92 Å². The molecule has 0 N–H and O–H groups in total. The summed E-state index contributed by atoms with van der Waals surface area (Å²) in [6, 6.07) is 2.09. The van der Waals surface area contributed by atoms with Crippen LogP contribution in [-0.4, -0.2) is 106 Å². The van der Waals surface area contributed by atoms with Crippen LogP contribution in [0.25, 0.3) is 0 Å². The number of nitrogens with zero attached hydrogens (tertiary/aromatic N) is 1. The Hall–Kier alpha value is 0.0144. The molecule has 0 heterocycles. The van der Waals surface area contributed by atoms with Crippen molar-refractivity contribution in [3.63, 3.8) is 0 Å². The van der Waals surface area contributed by atoms with Crippen molar-refractivity contribution in [3.05, 3.63) is 12.2 Å². The maximum Gasteiger partial charge on any atom is 0.333 e. The van der Waals surface area contributed by atoms with Crippen LogP contribution in [0.5, 0.6) is 0 Å². The van der Waals surface area contributed by atoms with E-state index < -0.39 is 54.4 Å². The number of unbranched alkanes of at least 4 members (excludes halogenated alkanes) is 1. The summed E-state index contributed by atoms with van der Waals surface area (Å²) in [7, 11) is -7.08. The highest BCUT2D eigenvalue weighted by atomic mass is 28.5. The Morgan fingerprint density at radius 3 is 1.57 bits per heavy atom. The lowest BCUT2D eigenvalue weighted by molar-refractivity contribution is -0.151. The third-order valence-corrected chi connectivity index (χ3v) is 25.5. The van der Waals surface area contributed by atoms with Crippen molar-refractivity contribution in [3.8, 4) is 0 Å². The van der Waals surface area contributed by atoms with E-state index in [4.69, 9.17) is 30.7 Å². The highest BCUT2D eigenvalue weighted by Gasteiger charge is 2.45. The number of ether oxygens (including phenoxy) is 3. The maximum atomic E-state index is 12.1. The molecule has 0 saturated carbocycles. The van der Waals surface area contributed by atoms with Crippen LogP contribution in [0.15, 0.2) is 12.2 Å². The lowest BCUT2D eigenvalue weighted by Gasteiger charge is -2.42. The standard InChI is InChI=1S/C28H65NO8Si5/c1-16-17-22-38(6,7)34-40(10,11)36-42(14,15)37-41(12,13)35-39(8,9)23-18-20-31-24-27(33-28(30)26(2)3)25-32-21-19-29(4)5/h27H,2,16-25H2,1,3-15H3. The molecule has 14 heteroatoms. The normalized spacial score (nSPS) is 14.4.